The van der Waals surface area contributed by atoms with E-state index in [9.17, 15) is 0 Å². The minimum atomic E-state index is 0.636. The van der Waals surface area contributed by atoms with Crippen LogP contribution in [0, 0.1) is 0 Å². The van der Waals surface area contributed by atoms with Gasteiger partial charge in [0.1, 0.15) is 5.75 Å². The first-order valence-electron chi connectivity index (χ1n) is 7.71. The predicted octanol–water partition coefficient (Wildman–Crippen LogP) is 4.36. The summed E-state index contributed by atoms with van der Waals surface area (Å²) in [5, 5.41) is 3.42. The van der Waals surface area contributed by atoms with Gasteiger partial charge in [0.05, 0.1) is 6.61 Å². The van der Waals surface area contributed by atoms with Crippen LogP contribution in [0.1, 0.15) is 57.9 Å². The van der Waals surface area contributed by atoms with Gasteiger partial charge >= 0.3 is 0 Å². The van der Waals surface area contributed by atoms with E-state index in [1.807, 2.05) is 0 Å². The smallest absolute Gasteiger partial charge is 0.119 e. The maximum absolute atomic E-state index is 5.74. The van der Waals surface area contributed by atoms with E-state index in [2.05, 4.69) is 50.4 Å². The number of nitrogens with one attached hydrogen (secondary N) is 1. The molecule has 1 aromatic carbocycles. The van der Waals surface area contributed by atoms with Gasteiger partial charge in [-0.3, -0.25) is 0 Å². The molecule has 1 aromatic rings. The first kappa shape index (κ1) is 16.0. The predicted molar refractivity (Wildman–Crippen MR) is 83.0 cm³/mol. The summed E-state index contributed by atoms with van der Waals surface area (Å²) in [5.74, 6) is 1.62. The zero-order valence-corrected chi connectivity index (χ0v) is 12.7. The number of benzene rings is 1. The van der Waals surface area contributed by atoms with Gasteiger partial charge < -0.3 is 10.1 Å². The molecule has 19 heavy (non-hydrogen) atoms. The molecule has 2 heteroatoms. The summed E-state index contributed by atoms with van der Waals surface area (Å²) in [7, 11) is 0. The number of hydrogen-bond acceptors (Lipinski definition) is 2. The topological polar surface area (TPSA) is 21.3 Å². The molecule has 0 spiro atoms. The van der Waals surface area contributed by atoms with Crippen molar-refractivity contribution in [2.75, 3.05) is 19.7 Å². The zero-order chi connectivity index (χ0) is 13.9. The van der Waals surface area contributed by atoms with Crippen LogP contribution in [0.4, 0.5) is 0 Å². The molecular weight excluding hydrogens is 234 g/mol. The fourth-order valence-electron chi connectivity index (χ4n) is 1.94. The maximum Gasteiger partial charge on any atom is 0.119 e. The van der Waals surface area contributed by atoms with E-state index < -0.39 is 0 Å². The van der Waals surface area contributed by atoms with Gasteiger partial charge in [0, 0.05) is 0 Å². The molecule has 0 aromatic heterocycles. The van der Waals surface area contributed by atoms with E-state index in [-0.39, 0.29) is 0 Å². The second-order valence-electron chi connectivity index (χ2n) is 5.18. The van der Waals surface area contributed by atoms with Crippen LogP contribution in [-0.4, -0.2) is 19.7 Å². The van der Waals surface area contributed by atoms with Crippen molar-refractivity contribution in [1.82, 2.24) is 5.32 Å². The third kappa shape index (κ3) is 6.63. The molecule has 0 aliphatic rings. The molecular formula is C17H29NO. The molecule has 1 N–H and O–H groups in total. The van der Waals surface area contributed by atoms with Crippen LogP contribution in [0.3, 0.4) is 0 Å². The van der Waals surface area contributed by atoms with Gasteiger partial charge in [0.2, 0.25) is 0 Å². The second kappa shape index (κ2) is 9.85. The number of unbranched alkanes of at least 4 members (excludes halogenated alkanes) is 1. The number of ether oxygens (including phenoxy) is 1. The highest BCUT2D eigenvalue weighted by atomic mass is 16.5. The third-order valence-corrected chi connectivity index (χ3v) is 3.54. The Hall–Kier alpha value is -1.02. The first-order valence-corrected chi connectivity index (χ1v) is 7.71. The van der Waals surface area contributed by atoms with Crippen molar-refractivity contribution in [3.63, 3.8) is 0 Å². The number of hydrogen-bond donors (Lipinski definition) is 1. The monoisotopic (exact) mass is 263 g/mol. The van der Waals surface area contributed by atoms with Crippen molar-refractivity contribution in [2.24, 2.45) is 0 Å². The Kier molecular flexibility index (Phi) is 8.31. The minimum absolute atomic E-state index is 0.636. The summed E-state index contributed by atoms with van der Waals surface area (Å²) in [5.41, 5.74) is 1.40. The van der Waals surface area contributed by atoms with Gasteiger partial charge in [-0.25, -0.2) is 0 Å². The first-order chi connectivity index (χ1) is 9.27. The zero-order valence-electron chi connectivity index (χ0n) is 12.7. The normalized spacial score (nSPS) is 12.4. The Balaban J connectivity index is 2.16. The lowest BCUT2D eigenvalue weighted by Crippen LogP contribution is -2.18. The van der Waals surface area contributed by atoms with Gasteiger partial charge in [0.25, 0.3) is 0 Å². The Labute approximate surface area is 118 Å². The van der Waals surface area contributed by atoms with Crippen molar-refractivity contribution in [1.29, 1.82) is 0 Å². The summed E-state index contributed by atoms with van der Waals surface area (Å²) in [4.78, 5) is 0. The van der Waals surface area contributed by atoms with Gasteiger partial charge in [-0.05, 0) is 56.0 Å². The Morgan fingerprint density at radius 1 is 1.05 bits per heavy atom. The van der Waals surface area contributed by atoms with E-state index in [1.165, 1.54) is 24.8 Å². The molecule has 2 nitrogen and oxygen atoms in total. The van der Waals surface area contributed by atoms with E-state index in [0.29, 0.717) is 5.92 Å². The highest BCUT2D eigenvalue weighted by molar-refractivity contribution is 5.29. The molecule has 0 fully saturated rings. The molecule has 1 rings (SSSR count). The van der Waals surface area contributed by atoms with Gasteiger partial charge in [-0.15, -0.1) is 0 Å². The van der Waals surface area contributed by atoms with E-state index in [1.54, 1.807) is 0 Å². The SMILES string of the molecule is CCCCNCCCOc1ccc([C@H](C)CC)cc1. The van der Waals surface area contributed by atoms with Gasteiger partial charge in [0.15, 0.2) is 0 Å². The Morgan fingerprint density at radius 3 is 2.37 bits per heavy atom. The Bertz CT molecular complexity index is 321. The van der Waals surface area contributed by atoms with Crippen molar-refractivity contribution < 1.29 is 4.74 Å². The van der Waals surface area contributed by atoms with Crippen LogP contribution in [-0.2, 0) is 0 Å². The Morgan fingerprint density at radius 2 is 1.74 bits per heavy atom. The largest absolute Gasteiger partial charge is 0.494 e. The molecule has 0 unspecified atom stereocenters. The van der Waals surface area contributed by atoms with Crippen LogP contribution in [0.2, 0.25) is 0 Å². The highest BCUT2D eigenvalue weighted by Gasteiger charge is 2.02. The summed E-state index contributed by atoms with van der Waals surface area (Å²) in [6, 6.07) is 8.55. The highest BCUT2D eigenvalue weighted by Crippen LogP contribution is 2.21. The summed E-state index contributed by atoms with van der Waals surface area (Å²) in [6.45, 7) is 9.67. The standard InChI is InChI=1S/C17H29NO/c1-4-6-12-18-13-7-14-19-17-10-8-16(9-11-17)15(3)5-2/h8-11,15,18H,4-7,12-14H2,1-3H3/t15-/m1/s1. The maximum atomic E-state index is 5.74. The minimum Gasteiger partial charge on any atom is -0.494 e. The fourth-order valence-corrected chi connectivity index (χ4v) is 1.94. The van der Waals surface area contributed by atoms with Crippen molar-refractivity contribution >= 4 is 0 Å². The fraction of sp³-hybridized carbons (Fsp3) is 0.647. The van der Waals surface area contributed by atoms with Crippen LogP contribution in [0.25, 0.3) is 0 Å². The van der Waals surface area contributed by atoms with E-state index in [4.69, 9.17) is 4.74 Å². The molecule has 0 amide bonds. The molecule has 0 aliphatic carbocycles. The lowest BCUT2D eigenvalue weighted by atomic mass is 9.99. The quantitative estimate of drug-likeness (QED) is 0.633. The van der Waals surface area contributed by atoms with Crippen LogP contribution in [0.15, 0.2) is 24.3 Å². The van der Waals surface area contributed by atoms with Gasteiger partial charge in [-0.2, -0.15) is 0 Å². The van der Waals surface area contributed by atoms with Crippen molar-refractivity contribution in [2.45, 2.75) is 52.4 Å². The third-order valence-electron chi connectivity index (χ3n) is 3.54. The second-order valence-corrected chi connectivity index (χ2v) is 5.18. The molecule has 0 saturated carbocycles. The van der Waals surface area contributed by atoms with Crippen molar-refractivity contribution in [3.05, 3.63) is 29.8 Å². The molecule has 0 saturated heterocycles. The summed E-state index contributed by atoms with van der Waals surface area (Å²) >= 11 is 0. The molecule has 0 heterocycles. The molecule has 0 aliphatic heterocycles. The lowest BCUT2D eigenvalue weighted by molar-refractivity contribution is 0.308. The lowest BCUT2D eigenvalue weighted by Gasteiger charge is -2.11. The molecule has 0 radical (unpaired) electrons. The molecule has 1 atom stereocenters. The summed E-state index contributed by atoms with van der Waals surface area (Å²) in [6.07, 6.45) is 4.77. The van der Waals surface area contributed by atoms with Crippen molar-refractivity contribution in [3.8, 4) is 5.75 Å². The summed E-state index contributed by atoms with van der Waals surface area (Å²) < 4.78 is 5.74. The molecule has 108 valence electrons. The van der Waals surface area contributed by atoms with Gasteiger partial charge in [-0.1, -0.05) is 39.3 Å². The average molecular weight is 263 g/mol. The van der Waals surface area contributed by atoms with Crippen LogP contribution in [0.5, 0.6) is 5.75 Å². The van der Waals surface area contributed by atoms with Crippen LogP contribution >= 0.6 is 0 Å². The molecule has 0 bridgehead atoms. The van der Waals surface area contributed by atoms with E-state index in [0.717, 1.165) is 31.9 Å². The average Bonchev–Trinajstić information content (AvgIpc) is 2.46. The van der Waals surface area contributed by atoms with E-state index >= 15 is 0 Å². The van der Waals surface area contributed by atoms with Crippen LogP contribution < -0.4 is 10.1 Å². The number of rotatable bonds is 10.